The highest BCUT2D eigenvalue weighted by Crippen LogP contribution is 2.36. The third-order valence-electron chi connectivity index (χ3n) is 6.54. The number of carbonyl (C=O) groups is 2. The summed E-state index contributed by atoms with van der Waals surface area (Å²) < 4.78 is 116. The van der Waals surface area contributed by atoms with Gasteiger partial charge in [0, 0.05) is 12.0 Å². The average Bonchev–Trinajstić information content (AvgIpc) is 3.64. The van der Waals surface area contributed by atoms with Crippen LogP contribution in [0.3, 0.4) is 0 Å². The lowest BCUT2D eigenvalue weighted by Gasteiger charge is -2.20. The van der Waals surface area contributed by atoms with Crippen LogP contribution in [-0.4, -0.2) is 56.8 Å². The first-order chi connectivity index (χ1) is 23.1. The number of hydrogen-bond donors (Lipinski definition) is 1. The molecule has 3 aromatic carbocycles. The summed E-state index contributed by atoms with van der Waals surface area (Å²) in [6, 6.07) is 9.60. The molecule has 258 valence electrons. The molecule has 0 atom stereocenters. The van der Waals surface area contributed by atoms with Crippen LogP contribution in [0.2, 0.25) is 0 Å². The maximum absolute atomic E-state index is 15.1. The highest BCUT2D eigenvalue weighted by atomic mass is 32.2. The minimum atomic E-state index is -4.88. The van der Waals surface area contributed by atoms with Gasteiger partial charge in [0.05, 0.1) is 23.7 Å². The fourth-order valence-corrected chi connectivity index (χ4v) is 5.28. The van der Waals surface area contributed by atoms with Crippen LogP contribution in [-0.2, 0) is 4.79 Å². The van der Waals surface area contributed by atoms with Gasteiger partial charge in [-0.15, -0.1) is 18.3 Å². The van der Waals surface area contributed by atoms with Crippen LogP contribution >= 0.6 is 11.8 Å². The molecule has 1 aliphatic rings. The standard InChI is InChI=1S/C30H22F8N6O4S/c1-16-3-8-23(47-10-2-9-29(33,34)35)22(11-16)44-24(45)14-49-28(44)41-27(46)40-25-20(31)12-17(13-21(25)32)26-39-15-43(42-26)18-4-6-19(7-5-18)48-30(36,37)38/h3-8,11-13,15H,2,9-10,14H2,1H3,(H,40,46). The molecule has 1 N–H and O–H groups in total. The van der Waals surface area contributed by atoms with Gasteiger partial charge in [-0.1, -0.05) is 17.8 Å². The van der Waals surface area contributed by atoms with Gasteiger partial charge in [-0.25, -0.2) is 23.2 Å². The van der Waals surface area contributed by atoms with Gasteiger partial charge >= 0.3 is 18.6 Å². The summed E-state index contributed by atoms with van der Waals surface area (Å²) in [7, 11) is 0. The molecule has 1 aliphatic heterocycles. The largest absolute Gasteiger partial charge is 0.573 e. The number of carbonyl (C=O) groups excluding carboxylic acids is 2. The Balaban J connectivity index is 1.31. The topological polar surface area (TPSA) is 111 Å². The lowest BCUT2D eigenvalue weighted by molar-refractivity contribution is -0.274. The number of amidine groups is 1. The molecule has 1 saturated heterocycles. The van der Waals surface area contributed by atoms with Gasteiger partial charge < -0.3 is 14.8 Å². The number of aryl methyl sites for hydroxylation is 1. The number of anilines is 2. The summed E-state index contributed by atoms with van der Waals surface area (Å²) in [5.41, 5.74) is 0.0274. The van der Waals surface area contributed by atoms with Gasteiger partial charge in [0.2, 0.25) is 5.91 Å². The molecule has 0 radical (unpaired) electrons. The Kier molecular flexibility index (Phi) is 10.1. The summed E-state index contributed by atoms with van der Waals surface area (Å²) in [6.45, 7) is 1.38. The van der Waals surface area contributed by atoms with Crippen molar-refractivity contribution < 1.29 is 54.2 Å². The number of benzene rings is 3. The van der Waals surface area contributed by atoms with Crippen molar-refractivity contribution >= 4 is 40.2 Å². The Morgan fingerprint density at radius 3 is 2.37 bits per heavy atom. The number of rotatable bonds is 9. The van der Waals surface area contributed by atoms with Crippen molar-refractivity contribution in [3.63, 3.8) is 0 Å². The number of nitrogens with zero attached hydrogens (tertiary/aromatic N) is 5. The van der Waals surface area contributed by atoms with Gasteiger partial charge in [-0.2, -0.15) is 18.2 Å². The Labute approximate surface area is 275 Å². The molecule has 10 nitrogen and oxygen atoms in total. The highest BCUT2D eigenvalue weighted by Gasteiger charge is 2.34. The summed E-state index contributed by atoms with van der Waals surface area (Å²) in [6.07, 6.45) is -9.50. The first kappa shape index (κ1) is 35.1. The number of nitrogens with one attached hydrogen (secondary N) is 1. The van der Waals surface area contributed by atoms with Crippen LogP contribution in [0.25, 0.3) is 17.1 Å². The van der Waals surface area contributed by atoms with E-state index in [0.29, 0.717) is 5.56 Å². The summed E-state index contributed by atoms with van der Waals surface area (Å²) in [5.74, 6) is -3.70. The molecule has 0 saturated carbocycles. The van der Waals surface area contributed by atoms with Gasteiger partial charge in [-0.3, -0.25) is 9.69 Å². The van der Waals surface area contributed by atoms with E-state index in [1.807, 2.05) is 5.32 Å². The Hall–Kier alpha value is -5.20. The van der Waals surface area contributed by atoms with Gasteiger partial charge in [0.25, 0.3) is 0 Å². The van der Waals surface area contributed by atoms with Crippen molar-refractivity contribution in [2.24, 2.45) is 4.99 Å². The maximum Gasteiger partial charge on any atom is 0.573 e. The first-order valence-corrected chi connectivity index (χ1v) is 15.0. The second-order valence-corrected chi connectivity index (χ2v) is 11.2. The molecule has 0 unspecified atom stereocenters. The second kappa shape index (κ2) is 14.1. The van der Waals surface area contributed by atoms with E-state index in [-0.39, 0.29) is 52.5 Å². The van der Waals surface area contributed by atoms with Crippen molar-refractivity contribution in [2.45, 2.75) is 32.3 Å². The summed E-state index contributed by atoms with van der Waals surface area (Å²) >= 11 is 0.848. The normalized spacial score (nSPS) is 14.4. The molecular formula is C30H22F8N6O4S. The Morgan fingerprint density at radius 1 is 1.02 bits per heavy atom. The predicted molar refractivity (Wildman–Crippen MR) is 162 cm³/mol. The zero-order chi connectivity index (χ0) is 35.5. The summed E-state index contributed by atoms with van der Waals surface area (Å²) in [5, 5.41) is 5.92. The first-order valence-electron chi connectivity index (χ1n) is 14.0. The number of aliphatic imine (C=N–C) groups is 1. The number of alkyl halides is 6. The number of urea groups is 1. The van der Waals surface area contributed by atoms with E-state index in [1.54, 1.807) is 13.0 Å². The molecule has 19 heteroatoms. The fourth-order valence-electron chi connectivity index (χ4n) is 4.42. The average molecular weight is 715 g/mol. The highest BCUT2D eigenvalue weighted by molar-refractivity contribution is 8.15. The third-order valence-corrected chi connectivity index (χ3v) is 7.46. The van der Waals surface area contributed by atoms with E-state index < -0.39 is 54.0 Å². The maximum atomic E-state index is 15.1. The lowest BCUT2D eigenvalue weighted by Crippen LogP contribution is -2.31. The quantitative estimate of drug-likeness (QED) is 0.139. The van der Waals surface area contributed by atoms with Crippen LogP contribution < -0.4 is 19.7 Å². The summed E-state index contributed by atoms with van der Waals surface area (Å²) in [4.78, 5) is 34.4. The van der Waals surface area contributed by atoms with Crippen LogP contribution in [0, 0.1) is 18.6 Å². The minimum absolute atomic E-state index is 0.0629. The van der Waals surface area contributed by atoms with Crippen molar-refractivity contribution in [2.75, 3.05) is 22.6 Å². The van der Waals surface area contributed by atoms with Crippen LogP contribution in [0.4, 0.5) is 51.3 Å². The number of halogens is 8. The number of ether oxygens (including phenoxy) is 2. The molecule has 3 amide bonds. The van der Waals surface area contributed by atoms with Crippen LogP contribution in [0.5, 0.6) is 11.5 Å². The smallest absolute Gasteiger partial charge is 0.491 e. The van der Waals surface area contributed by atoms with E-state index >= 15 is 8.78 Å². The molecule has 1 aromatic heterocycles. The van der Waals surface area contributed by atoms with Crippen LogP contribution in [0.15, 0.2) is 65.9 Å². The monoisotopic (exact) mass is 714 g/mol. The van der Waals surface area contributed by atoms with Gasteiger partial charge in [0.1, 0.15) is 23.5 Å². The van der Waals surface area contributed by atoms with Crippen LogP contribution in [0.1, 0.15) is 18.4 Å². The molecule has 49 heavy (non-hydrogen) atoms. The van der Waals surface area contributed by atoms with E-state index in [0.717, 1.165) is 51.9 Å². The zero-order valence-electron chi connectivity index (χ0n) is 24.9. The van der Waals surface area contributed by atoms with Crippen molar-refractivity contribution in [3.05, 3.63) is 78.1 Å². The van der Waals surface area contributed by atoms with E-state index in [1.165, 1.54) is 24.3 Å². The van der Waals surface area contributed by atoms with Crippen molar-refractivity contribution in [1.29, 1.82) is 0 Å². The Bertz CT molecular complexity index is 1870. The molecule has 5 rings (SSSR count). The molecule has 0 spiro atoms. The van der Waals surface area contributed by atoms with Gasteiger partial charge in [-0.05, 0) is 67.4 Å². The van der Waals surface area contributed by atoms with E-state index in [2.05, 4.69) is 19.8 Å². The number of amides is 3. The van der Waals surface area contributed by atoms with Crippen molar-refractivity contribution in [1.82, 2.24) is 14.8 Å². The number of thioether (sulfide) groups is 1. The zero-order valence-corrected chi connectivity index (χ0v) is 25.7. The Morgan fingerprint density at radius 2 is 1.71 bits per heavy atom. The predicted octanol–water partition coefficient (Wildman–Crippen LogP) is 7.81. The van der Waals surface area contributed by atoms with E-state index in [9.17, 15) is 35.9 Å². The molecular weight excluding hydrogens is 692 g/mol. The molecule has 0 aliphatic carbocycles. The number of hydrogen-bond acceptors (Lipinski definition) is 7. The minimum Gasteiger partial charge on any atom is -0.491 e. The van der Waals surface area contributed by atoms with E-state index in [4.69, 9.17) is 4.74 Å². The number of aromatic nitrogens is 3. The van der Waals surface area contributed by atoms with Gasteiger partial charge in [0.15, 0.2) is 22.6 Å². The molecule has 2 heterocycles. The molecule has 0 bridgehead atoms. The molecule has 1 fully saturated rings. The lowest BCUT2D eigenvalue weighted by atomic mass is 10.1. The SMILES string of the molecule is Cc1ccc(OCCCC(F)(F)F)c(N2C(=O)CSC2=NC(=O)Nc2c(F)cc(-c3ncn(-c4ccc(OC(F)(F)F)cc4)n3)cc2F)c1. The van der Waals surface area contributed by atoms with Crippen molar-refractivity contribution in [3.8, 4) is 28.6 Å². The third kappa shape index (κ3) is 9.04. The molecule has 4 aromatic rings. The fraction of sp³-hybridized carbons (Fsp3) is 0.233. The second-order valence-electron chi connectivity index (χ2n) is 10.3.